The first-order valence-corrected chi connectivity index (χ1v) is 7.75. The first-order chi connectivity index (χ1) is 10.7. The van der Waals surface area contributed by atoms with E-state index in [0.29, 0.717) is 19.3 Å². The lowest BCUT2D eigenvalue weighted by Gasteiger charge is -2.28. The summed E-state index contributed by atoms with van der Waals surface area (Å²) in [6, 6.07) is 0. The van der Waals surface area contributed by atoms with Crippen molar-refractivity contribution < 1.29 is 28.6 Å². The van der Waals surface area contributed by atoms with Crippen LogP contribution in [-0.2, 0) is 28.6 Å². The van der Waals surface area contributed by atoms with E-state index in [4.69, 9.17) is 19.9 Å². The van der Waals surface area contributed by atoms with Gasteiger partial charge in [-0.3, -0.25) is 14.4 Å². The van der Waals surface area contributed by atoms with Crippen LogP contribution in [0.15, 0.2) is 0 Å². The summed E-state index contributed by atoms with van der Waals surface area (Å²) in [5, 5.41) is 0. The maximum absolute atomic E-state index is 10.9. The molecule has 7 heteroatoms. The van der Waals surface area contributed by atoms with Crippen LogP contribution < -0.4 is 5.73 Å². The van der Waals surface area contributed by atoms with Gasteiger partial charge in [-0.15, -0.1) is 0 Å². The topological polar surface area (TPSA) is 105 Å². The van der Waals surface area contributed by atoms with E-state index >= 15 is 0 Å². The summed E-state index contributed by atoms with van der Waals surface area (Å²) in [6.45, 7) is 5.85. The number of carbonyl (C=O) groups excluding carboxylic acids is 3. The monoisotopic (exact) mass is 331 g/mol. The molecule has 0 saturated carbocycles. The highest BCUT2D eigenvalue weighted by Gasteiger charge is 2.26. The molecule has 0 spiro atoms. The number of rotatable bonds is 15. The van der Waals surface area contributed by atoms with Crippen LogP contribution in [0.3, 0.4) is 0 Å². The fraction of sp³-hybridized carbons (Fsp3) is 0.812. The summed E-state index contributed by atoms with van der Waals surface area (Å²) < 4.78 is 16.3. The third kappa shape index (κ3) is 14.2. The third-order valence-corrected chi connectivity index (χ3v) is 2.96. The Hall–Kier alpha value is -1.15. The zero-order chi connectivity index (χ0) is 17.7. The second-order valence-corrected chi connectivity index (χ2v) is 5.88. The molecule has 0 heterocycles. The quantitative estimate of drug-likeness (QED) is 0.440. The van der Waals surface area contributed by atoms with Crippen LogP contribution in [0.4, 0.5) is 0 Å². The molecule has 134 valence electrons. The van der Waals surface area contributed by atoms with Gasteiger partial charge >= 0.3 is 0 Å². The first kappa shape index (κ1) is 21.9. The molecular weight excluding hydrogens is 302 g/mol. The molecule has 0 aliphatic rings. The van der Waals surface area contributed by atoms with Crippen LogP contribution in [0, 0.1) is 0 Å². The van der Waals surface area contributed by atoms with Gasteiger partial charge in [-0.2, -0.15) is 0 Å². The van der Waals surface area contributed by atoms with E-state index in [1.807, 2.05) is 0 Å². The summed E-state index contributed by atoms with van der Waals surface area (Å²) in [4.78, 5) is 32.7. The molecule has 0 aromatic carbocycles. The Morgan fingerprint density at radius 3 is 1.17 bits per heavy atom. The highest BCUT2D eigenvalue weighted by molar-refractivity contribution is 5.76. The Labute approximate surface area is 137 Å². The average molecular weight is 331 g/mol. The summed E-state index contributed by atoms with van der Waals surface area (Å²) >= 11 is 0. The fourth-order valence-corrected chi connectivity index (χ4v) is 1.60. The Morgan fingerprint density at radius 1 is 0.696 bits per heavy atom. The van der Waals surface area contributed by atoms with E-state index in [9.17, 15) is 14.4 Å². The zero-order valence-corrected chi connectivity index (χ0v) is 14.4. The standard InChI is InChI=1S/C16H29NO6/c1-13(18)4-7-21-10-16(17,11-22-8-5-14(2)19)12-23-9-6-15(3)20/h4-12,17H2,1-3H3. The van der Waals surface area contributed by atoms with Crippen molar-refractivity contribution in [3.8, 4) is 0 Å². The Morgan fingerprint density at radius 2 is 0.957 bits per heavy atom. The molecule has 0 rings (SSSR count). The largest absolute Gasteiger partial charge is 0.379 e. The number of nitrogens with two attached hydrogens (primary N) is 1. The van der Waals surface area contributed by atoms with E-state index in [1.165, 1.54) is 20.8 Å². The van der Waals surface area contributed by atoms with E-state index in [0.717, 1.165) is 0 Å². The van der Waals surface area contributed by atoms with Gasteiger partial charge in [-0.25, -0.2) is 0 Å². The van der Waals surface area contributed by atoms with Gasteiger partial charge in [-0.05, 0) is 20.8 Å². The van der Waals surface area contributed by atoms with Crippen molar-refractivity contribution in [1.29, 1.82) is 0 Å². The summed E-state index contributed by atoms with van der Waals surface area (Å²) in [6.07, 6.45) is 0.978. The van der Waals surface area contributed by atoms with Gasteiger partial charge in [0, 0.05) is 19.3 Å². The van der Waals surface area contributed by atoms with Crippen LogP contribution >= 0.6 is 0 Å². The lowest BCUT2D eigenvalue weighted by atomic mass is 10.1. The van der Waals surface area contributed by atoms with Crippen LogP contribution in [0.25, 0.3) is 0 Å². The number of carbonyl (C=O) groups is 3. The summed E-state index contributed by atoms with van der Waals surface area (Å²) in [5.74, 6) is 0.133. The molecule has 0 aliphatic heterocycles. The fourth-order valence-electron chi connectivity index (χ4n) is 1.60. The minimum absolute atomic E-state index is 0.0445. The molecule has 0 radical (unpaired) electrons. The van der Waals surface area contributed by atoms with Crippen LogP contribution in [0.2, 0.25) is 0 Å². The highest BCUT2D eigenvalue weighted by Crippen LogP contribution is 2.06. The third-order valence-electron chi connectivity index (χ3n) is 2.96. The number of hydrogen-bond acceptors (Lipinski definition) is 7. The molecule has 23 heavy (non-hydrogen) atoms. The second kappa shape index (κ2) is 12.3. The molecule has 0 aliphatic carbocycles. The van der Waals surface area contributed by atoms with E-state index < -0.39 is 5.54 Å². The Bertz CT molecular complexity index is 328. The van der Waals surface area contributed by atoms with Gasteiger partial charge in [0.1, 0.15) is 17.3 Å². The van der Waals surface area contributed by atoms with Gasteiger partial charge in [0.05, 0.1) is 45.2 Å². The molecule has 7 nitrogen and oxygen atoms in total. The van der Waals surface area contributed by atoms with Crippen molar-refractivity contribution in [1.82, 2.24) is 0 Å². The highest BCUT2D eigenvalue weighted by atomic mass is 16.5. The maximum Gasteiger partial charge on any atom is 0.132 e. The predicted molar refractivity (Wildman–Crippen MR) is 85.3 cm³/mol. The minimum Gasteiger partial charge on any atom is -0.379 e. The van der Waals surface area contributed by atoms with Crippen LogP contribution in [-0.4, -0.2) is 62.5 Å². The van der Waals surface area contributed by atoms with Crippen molar-refractivity contribution in [3.05, 3.63) is 0 Å². The summed E-state index contributed by atoms with van der Waals surface area (Å²) in [7, 11) is 0. The van der Waals surface area contributed by atoms with Gasteiger partial charge in [0.15, 0.2) is 0 Å². The number of ether oxygens (including phenoxy) is 3. The smallest absolute Gasteiger partial charge is 0.132 e. The van der Waals surface area contributed by atoms with E-state index in [2.05, 4.69) is 0 Å². The molecule has 0 atom stereocenters. The van der Waals surface area contributed by atoms with Crippen LogP contribution in [0.5, 0.6) is 0 Å². The van der Waals surface area contributed by atoms with Gasteiger partial charge < -0.3 is 19.9 Å². The maximum atomic E-state index is 10.9. The molecule has 0 bridgehead atoms. The lowest BCUT2D eigenvalue weighted by Crippen LogP contribution is -2.53. The minimum atomic E-state index is -0.885. The van der Waals surface area contributed by atoms with Gasteiger partial charge in [0.2, 0.25) is 0 Å². The van der Waals surface area contributed by atoms with Gasteiger partial charge in [0.25, 0.3) is 0 Å². The first-order valence-electron chi connectivity index (χ1n) is 7.75. The molecule has 0 unspecified atom stereocenters. The van der Waals surface area contributed by atoms with Crippen molar-refractivity contribution in [2.45, 2.75) is 45.6 Å². The Balaban J connectivity index is 4.23. The van der Waals surface area contributed by atoms with Gasteiger partial charge in [-0.1, -0.05) is 0 Å². The molecular formula is C16H29NO6. The van der Waals surface area contributed by atoms with Crippen molar-refractivity contribution in [2.75, 3.05) is 39.6 Å². The van der Waals surface area contributed by atoms with Crippen LogP contribution in [0.1, 0.15) is 40.0 Å². The average Bonchev–Trinajstić information content (AvgIpc) is 2.44. The molecule has 2 N–H and O–H groups in total. The number of ketones is 3. The molecule has 0 aromatic rings. The SMILES string of the molecule is CC(=O)CCOCC(N)(COCCC(C)=O)COCCC(C)=O. The lowest BCUT2D eigenvalue weighted by molar-refractivity contribution is -0.118. The number of hydrogen-bond donors (Lipinski definition) is 1. The van der Waals surface area contributed by atoms with Crippen molar-refractivity contribution in [3.63, 3.8) is 0 Å². The normalized spacial score (nSPS) is 11.5. The van der Waals surface area contributed by atoms with Crippen molar-refractivity contribution in [2.24, 2.45) is 5.73 Å². The summed E-state index contributed by atoms with van der Waals surface area (Å²) in [5.41, 5.74) is 5.33. The zero-order valence-electron chi connectivity index (χ0n) is 14.4. The Kier molecular flexibility index (Phi) is 11.7. The molecule has 0 aromatic heterocycles. The predicted octanol–water partition coefficient (Wildman–Crippen LogP) is 0.671. The molecule has 0 saturated heterocycles. The van der Waals surface area contributed by atoms with E-state index in [-0.39, 0.29) is 57.0 Å². The molecule has 0 fully saturated rings. The second-order valence-electron chi connectivity index (χ2n) is 5.88. The van der Waals surface area contributed by atoms with Crippen molar-refractivity contribution >= 4 is 17.3 Å². The molecule has 0 amide bonds. The number of Topliss-reactive ketones (excluding diaryl/α,β-unsaturated/α-hetero) is 3. The van der Waals surface area contributed by atoms with E-state index in [1.54, 1.807) is 0 Å².